The number of rotatable bonds is 8. The normalized spacial score (nSPS) is 15.9. The monoisotopic (exact) mass is 484 g/mol. The van der Waals surface area contributed by atoms with E-state index < -0.39 is 26.0 Å². The molecule has 1 N–H and O–H groups in total. The van der Waals surface area contributed by atoms with Crippen molar-refractivity contribution in [2.45, 2.75) is 16.7 Å². The number of hydrogen-bond donors (Lipinski definition) is 1. The predicted molar refractivity (Wildman–Crippen MR) is 115 cm³/mol. The number of carbonyl (C=O) groups is 1. The van der Waals surface area contributed by atoms with Crippen LogP contribution in [0.1, 0.15) is 17.3 Å². The summed E-state index contributed by atoms with van der Waals surface area (Å²) in [7, 11) is -6.62. The van der Waals surface area contributed by atoms with E-state index in [4.69, 9.17) is 9.47 Å². The third-order valence-corrected chi connectivity index (χ3v) is 8.83. The van der Waals surface area contributed by atoms with Gasteiger partial charge in [0.15, 0.2) is 0 Å². The molecule has 32 heavy (non-hydrogen) atoms. The zero-order chi connectivity index (χ0) is 23.5. The van der Waals surface area contributed by atoms with Crippen molar-refractivity contribution >= 4 is 26.0 Å². The van der Waals surface area contributed by atoms with Gasteiger partial charge in [0, 0.05) is 26.2 Å². The van der Waals surface area contributed by atoms with Crippen molar-refractivity contribution in [3.05, 3.63) is 48.0 Å². The maximum atomic E-state index is 13.1. The van der Waals surface area contributed by atoms with Gasteiger partial charge in [-0.3, -0.25) is 0 Å². The first-order valence-electron chi connectivity index (χ1n) is 9.75. The highest BCUT2D eigenvalue weighted by Gasteiger charge is 2.35. The van der Waals surface area contributed by atoms with Crippen LogP contribution in [-0.2, 0) is 20.0 Å². The maximum absolute atomic E-state index is 13.1. The van der Waals surface area contributed by atoms with E-state index >= 15 is 0 Å². The number of ether oxygens (including phenoxy) is 2. The fourth-order valence-electron chi connectivity index (χ4n) is 3.32. The van der Waals surface area contributed by atoms with Crippen LogP contribution in [0, 0.1) is 0 Å². The average Bonchev–Trinajstić information content (AvgIpc) is 2.79. The lowest BCUT2D eigenvalue weighted by molar-refractivity contribution is 0.0696. The summed E-state index contributed by atoms with van der Waals surface area (Å²) < 4.78 is 64.9. The number of aromatic carboxylic acids is 1. The lowest BCUT2D eigenvalue weighted by Gasteiger charge is -2.33. The molecular formula is C20H24N2O8S2. The predicted octanol–water partition coefficient (Wildman–Crippen LogP) is 1.49. The number of carboxylic acids is 1. The van der Waals surface area contributed by atoms with E-state index in [9.17, 15) is 26.7 Å². The second-order valence-corrected chi connectivity index (χ2v) is 10.7. The number of hydrogen-bond acceptors (Lipinski definition) is 7. The molecule has 0 atom stereocenters. The quantitative estimate of drug-likeness (QED) is 0.596. The Hall–Kier alpha value is -2.67. The molecule has 0 aliphatic carbocycles. The first kappa shape index (κ1) is 24.0. The van der Waals surface area contributed by atoms with Crippen molar-refractivity contribution in [2.75, 3.05) is 39.9 Å². The van der Waals surface area contributed by atoms with Crippen LogP contribution < -0.4 is 9.47 Å². The maximum Gasteiger partial charge on any atom is 0.335 e. The Labute approximate surface area is 187 Å². The van der Waals surface area contributed by atoms with Gasteiger partial charge >= 0.3 is 5.97 Å². The molecule has 0 saturated carbocycles. The van der Waals surface area contributed by atoms with Crippen molar-refractivity contribution in [1.82, 2.24) is 8.61 Å². The Morgan fingerprint density at radius 1 is 0.938 bits per heavy atom. The van der Waals surface area contributed by atoms with Crippen molar-refractivity contribution in [1.29, 1.82) is 0 Å². The van der Waals surface area contributed by atoms with Gasteiger partial charge in [-0.05, 0) is 49.4 Å². The summed E-state index contributed by atoms with van der Waals surface area (Å²) >= 11 is 0. The van der Waals surface area contributed by atoms with Gasteiger partial charge in [-0.15, -0.1) is 0 Å². The van der Waals surface area contributed by atoms with Crippen LogP contribution in [0.2, 0.25) is 0 Å². The molecule has 0 aromatic heterocycles. The standard InChI is InChI=1S/C20H24N2O8S2/c1-3-30-16-5-7-17(8-6-16)31(25,26)21-10-12-22(13-11-21)32(27,28)19-14-15(20(23)24)4-9-18(19)29-2/h4-9,14H,3,10-13H2,1-2H3,(H,23,24). The van der Waals surface area contributed by atoms with E-state index in [2.05, 4.69) is 0 Å². The smallest absolute Gasteiger partial charge is 0.335 e. The van der Waals surface area contributed by atoms with Crippen LogP contribution in [0.3, 0.4) is 0 Å². The highest BCUT2D eigenvalue weighted by atomic mass is 32.2. The number of carboxylic acid groups (broad SMARTS) is 1. The number of methoxy groups -OCH3 is 1. The Bertz CT molecular complexity index is 1190. The van der Waals surface area contributed by atoms with Gasteiger partial charge in [0.2, 0.25) is 20.0 Å². The molecule has 3 rings (SSSR count). The van der Waals surface area contributed by atoms with E-state index in [-0.39, 0.29) is 47.3 Å². The summed E-state index contributed by atoms with van der Waals surface area (Å²) in [6.45, 7) is 2.03. The Balaban J connectivity index is 1.79. The lowest BCUT2D eigenvalue weighted by atomic mass is 10.2. The zero-order valence-electron chi connectivity index (χ0n) is 17.6. The van der Waals surface area contributed by atoms with E-state index in [1.54, 1.807) is 12.1 Å². The number of sulfonamides is 2. The number of piperazine rings is 1. The summed E-state index contributed by atoms with van der Waals surface area (Å²) in [4.78, 5) is 11.1. The fraction of sp³-hybridized carbons (Fsp3) is 0.350. The summed E-state index contributed by atoms with van der Waals surface area (Å²) in [5.41, 5.74) is -0.193. The number of benzene rings is 2. The molecule has 2 aromatic carbocycles. The van der Waals surface area contributed by atoms with E-state index in [0.717, 1.165) is 10.4 Å². The molecule has 2 aromatic rings. The van der Waals surface area contributed by atoms with E-state index in [1.807, 2.05) is 6.92 Å². The summed E-state index contributed by atoms with van der Waals surface area (Å²) in [6, 6.07) is 9.61. The average molecular weight is 485 g/mol. The van der Waals surface area contributed by atoms with Gasteiger partial charge in [0.25, 0.3) is 0 Å². The molecule has 1 aliphatic heterocycles. The van der Waals surface area contributed by atoms with Gasteiger partial charge in [0.05, 0.1) is 24.2 Å². The minimum absolute atomic E-state index is 0.0134. The second-order valence-electron chi connectivity index (χ2n) is 6.88. The first-order valence-corrected chi connectivity index (χ1v) is 12.6. The summed E-state index contributed by atoms with van der Waals surface area (Å²) in [5, 5.41) is 9.20. The molecule has 1 aliphatic rings. The van der Waals surface area contributed by atoms with Crippen molar-refractivity contribution in [3.8, 4) is 11.5 Å². The molecule has 0 unspecified atom stereocenters. The Kier molecular flexibility index (Phi) is 7.08. The molecule has 0 spiro atoms. The van der Waals surface area contributed by atoms with Crippen LogP contribution in [0.15, 0.2) is 52.3 Å². The van der Waals surface area contributed by atoms with Crippen molar-refractivity contribution in [2.24, 2.45) is 0 Å². The Morgan fingerprint density at radius 3 is 2.00 bits per heavy atom. The number of nitrogens with zero attached hydrogens (tertiary/aromatic N) is 2. The second kappa shape index (κ2) is 9.45. The fourth-order valence-corrected chi connectivity index (χ4v) is 6.35. The van der Waals surface area contributed by atoms with Crippen LogP contribution in [0.25, 0.3) is 0 Å². The third kappa shape index (κ3) is 4.72. The highest BCUT2D eigenvalue weighted by Crippen LogP contribution is 2.29. The minimum Gasteiger partial charge on any atom is -0.495 e. The third-order valence-electron chi connectivity index (χ3n) is 5.00. The van der Waals surface area contributed by atoms with Crippen LogP contribution in [0.5, 0.6) is 11.5 Å². The molecule has 0 amide bonds. The molecule has 1 heterocycles. The van der Waals surface area contributed by atoms with E-state index in [1.165, 1.54) is 35.7 Å². The lowest BCUT2D eigenvalue weighted by Crippen LogP contribution is -2.50. The van der Waals surface area contributed by atoms with Crippen molar-refractivity contribution < 1.29 is 36.2 Å². The molecule has 10 nitrogen and oxygen atoms in total. The minimum atomic E-state index is -4.10. The molecule has 1 fully saturated rings. The summed E-state index contributed by atoms with van der Waals surface area (Å²) in [5.74, 6) is -0.699. The van der Waals surface area contributed by atoms with Crippen molar-refractivity contribution in [3.63, 3.8) is 0 Å². The molecule has 0 radical (unpaired) electrons. The van der Waals surface area contributed by atoms with Gasteiger partial charge in [0.1, 0.15) is 16.4 Å². The van der Waals surface area contributed by atoms with Crippen LogP contribution in [-0.4, -0.2) is 76.4 Å². The molecular weight excluding hydrogens is 460 g/mol. The highest BCUT2D eigenvalue weighted by molar-refractivity contribution is 7.89. The zero-order valence-corrected chi connectivity index (χ0v) is 19.2. The molecule has 174 valence electrons. The van der Waals surface area contributed by atoms with Gasteiger partial charge < -0.3 is 14.6 Å². The molecule has 1 saturated heterocycles. The SMILES string of the molecule is CCOc1ccc(S(=O)(=O)N2CCN(S(=O)(=O)c3cc(C(=O)O)ccc3OC)CC2)cc1. The van der Waals surface area contributed by atoms with Gasteiger partial charge in [-0.2, -0.15) is 8.61 Å². The first-order chi connectivity index (χ1) is 15.1. The Morgan fingerprint density at radius 2 is 1.50 bits per heavy atom. The van der Waals surface area contributed by atoms with E-state index in [0.29, 0.717) is 12.4 Å². The largest absolute Gasteiger partial charge is 0.495 e. The van der Waals surface area contributed by atoms with Gasteiger partial charge in [-0.25, -0.2) is 21.6 Å². The van der Waals surface area contributed by atoms with Gasteiger partial charge in [-0.1, -0.05) is 0 Å². The molecule has 12 heteroatoms. The van der Waals surface area contributed by atoms with Crippen LogP contribution >= 0.6 is 0 Å². The van der Waals surface area contributed by atoms with Crippen LogP contribution in [0.4, 0.5) is 0 Å². The topological polar surface area (TPSA) is 131 Å². The summed E-state index contributed by atoms with van der Waals surface area (Å²) in [6.07, 6.45) is 0. The molecule has 0 bridgehead atoms.